The van der Waals surface area contributed by atoms with E-state index < -0.39 is 10.9 Å². The van der Waals surface area contributed by atoms with Gasteiger partial charge < -0.3 is 15.2 Å². The first kappa shape index (κ1) is 14.1. The molecule has 0 saturated carbocycles. The molecule has 1 unspecified atom stereocenters. The van der Waals surface area contributed by atoms with Crippen molar-refractivity contribution in [3.63, 3.8) is 0 Å². The van der Waals surface area contributed by atoms with E-state index in [9.17, 15) is 9.59 Å². The molecule has 0 spiro atoms. The van der Waals surface area contributed by atoms with Gasteiger partial charge in [-0.3, -0.25) is 14.6 Å². The van der Waals surface area contributed by atoms with Crippen LogP contribution in [0.5, 0.6) is 0 Å². The molecule has 0 amide bonds. The Morgan fingerprint density at radius 2 is 1.77 bits per heavy atom. The Bertz CT molecular complexity index is 860. The molecule has 0 aliphatic rings. The van der Waals surface area contributed by atoms with Crippen LogP contribution in [-0.2, 0) is 7.05 Å². The van der Waals surface area contributed by atoms with Crippen molar-refractivity contribution >= 4 is 17.1 Å². The minimum atomic E-state index is -0.500. The summed E-state index contributed by atoms with van der Waals surface area (Å²) in [5.41, 5.74) is 1.42. The fraction of sp³-hybridized carbons (Fsp3) is 0.188. The molecule has 0 saturated heterocycles. The molecule has 0 aliphatic heterocycles. The lowest BCUT2D eigenvalue weighted by molar-refractivity contribution is 0.860. The Balaban J connectivity index is 1.82. The number of aromatic nitrogens is 2. The highest BCUT2D eigenvalue weighted by Gasteiger charge is 2.22. The van der Waals surface area contributed by atoms with Crippen molar-refractivity contribution in [3.8, 4) is 0 Å². The molecule has 6 heteroatoms. The molecular formula is C16H16N4O2. The Kier molecular flexibility index (Phi) is 3.50. The minimum absolute atomic E-state index is 0.0671. The predicted octanol–water partition coefficient (Wildman–Crippen LogP) is 1.93. The second kappa shape index (κ2) is 5.48. The van der Waals surface area contributed by atoms with Gasteiger partial charge in [0.15, 0.2) is 0 Å². The van der Waals surface area contributed by atoms with Gasteiger partial charge in [-0.05, 0) is 30.7 Å². The van der Waals surface area contributed by atoms with Gasteiger partial charge in [0, 0.05) is 37.5 Å². The third-order valence-electron chi connectivity index (χ3n) is 3.58. The second-order valence-corrected chi connectivity index (χ2v) is 5.25. The van der Waals surface area contributed by atoms with E-state index in [0.717, 1.165) is 11.3 Å². The molecule has 0 aliphatic carbocycles. The lowest BCUT2D eigenvalue weighted by Crippen LogP contribution is -2.37. The second-order valence-electron chi connectivity index (χ2n) is 5.25. The van der Waals surface area contributed by atoms with Crippen molar-refractivity contribution in [3.05, 3.63) is 69.0 Å². The molecule has 2 heterocycles. The molecule has 3 aromatic rings. The van der Waals surface area contributed by atoms with Gasteiger partial charge in [0.05, 0.1) is 6.04 Å². The molecule has 6 nitrogen and oxygen atoms in total. The van der Waals surface area contributed by atoms with Crippen LogP contribution in [0.15, 0.2) is 52.6 Å². The summed E-state index contributed by atoms with van der Waals surface area (Å²) in [6.07, 6.45) is 7.14. The standard InChI is InChI=1S/C16H16N4O2/c1-10(11-5-8-20(2)9-11)18-13-14(16(22)15(13)21)19-12-3-6-17-7-4-12/h3-10,18H,1-2H3,(H,17,19). The van der Waals surface area contributed by atoms with Crippen LogP contribution in [0.25, 0.3) is 0 Å². The van der Waals surface area contributed by atoms with Gasteiger partial charge >= 0.3 is 0 Å². The van der Waals surface area contributed by atoms with Crippen LogP contribution in [0, 0.1) is 0 Å². The van der Waals surface area contributed by atoms with Crippen LogP contribution in [-0.4, -0.2) is 9.55 Å². The van der Waals surface area contributed by atoms with Crippen molar-refractivity contribution < 1.29 is 0 Å². The third kappa shape index (κ3) is 2.50. The summed E-state index contributed by atoms with van der Waals surface area (Å²) in [4.78, 5) is 27.5. The molecule has 1 atom stereocenters. The van der Waals surface area contributed by atoms with Crippen LogP contribution in [0.4, 0.5) is 17.1 Å². The fourth-order valence-electron chi connectivity index (χ4n) is 2.31. The third-order valence-corrected chi connectivity index (χ3v) is 3.58. The number of hydrogen-bond acceptors (Lipinski definition) is 5. The first-order valence-electron chi connectivity index (χ1n) is 6.95. The first-order chi connectivity index (χ1) is 10.6. The van der Waals surface area contributed by atoms with E-state index in [2.05, 4.69) is 15.6 Å². The van der Waals surface area contributed by atoms with E-state index in [-0.39, 0.29) is 6.04 Å². The van der Waals surface area contributed by atoms with E-state index in [1.165, 1.54) is 0 Å². The molecular weight excluding hydrogens is 280 g/mol. The number of nitrogens with one attached hydrogen (secondary N) is 2. The number of anilines is 3. The average Bonchev–Trinajstić information content (AvgIpc) is 2.97. The van der Waals surface area contributed by atoms with Gasteiger partial charge in [-0.15, -0.1) is 0 Å². The molecule has 3 rings (SSSR count). The van der Waals surface area contributed by atoms with Gasteiger partial charge in [0.2, 0.25) is 0 Å². The molecule has 112 valence electrons. The summed E-state index contributed by atoms with van der Waals surface area (Å²) in [5.74, 6) is 0. The Morgan fingerprint density at radius 1 is 1.09 bits per heavy atom. The highest BCUT2D eigenvalue weighted by molar-refractivity contribution is 5.78. The lowest BCUT2D eigenvalue weighted by atomic mass is 10.1. The number of hydrogen-bond donors (Lipinski definition) is 2. The zero-order valence-corrected chi connectivity index (χ0v) is 12.3. The van der Waals surface area contributed by atoms with E-state index in [1.54, 1.807) is 24.5 Å². The SMILES string of the molecule is CC(Nc1c(Nc2ccncc2)c(=O)c1=O)c1ccn(C)c1. The summed E-state index contributed by atoms with van der Waals surface area (Å²) < 4.78 is 1.94. The zero-order valence-electron chi connectivity index (χ0n) is 12.3. The van der Waals surface area contributed by atoms with E-state index >= 15 is 0 Å². The van der Waals surface area contributed by atoms with Crippen molar-refractivity contribution in [1.82, 2.24) is 9.55 Å². The quantitative estimate of drug-likeness (QED) is 0.704. The maximum Gasteiger partial charge on any atom is 0.253 e. The van der Waals surface area contributed by atoms with Crippen LogP contribution in [0.1, 0.15) is 18.5 Å². The topological polar surface area (TPSA) is 76.0 Å². The number of rotatable bonds is 5. The van der Waals surface area contributed by atoms with Crippen molar-refractivity contribution in [2.24, 2.45) is 7.05 Å². The normalized spacial score (nSPS) is 12.3. The van der Waals surface area contributed by atoms with Crippen molar-refractivity contribution in [2.45, 2.75) is 13.0 Å². The first-order valence-corrected chi connectivity index (χ1v) is 6.95. The summed E-state index contributed by atoms with van der Waals surface area (Å²) in [5, 5.41) is 6.09. The van der Waals surface area contributed by atoms with Crippen molar-refractivity contribution in [1.29, 1.82) is 0 Å². The number of nitrogens with zero attached hydrogens (tertiary/aromatic N) is 2. The van der Waals surface area contributed by atoms with Gasteiger partial charge in [-0.25, -0.2) is 0 Å². The number of pyridine rings is 1. The van der Waals surface area contributed by atoms with Gasteiger partial charge in [-0.2, -0.15) is 0 Å². The van der Waals surface area contributed by atoms with E-state index in [0.29, 0.717) is 11.4 Å². The van der Waals surface area contributed by atoms with Gasteiger partial charge in [0.25, 0.3) is 10.9 Å². The molecule has 2 N–H and O–H groups in total. The Hall–Kier alpha value is -2.89. The highest BCUT2D eigenvalue weighted by Crippen LogP contribution is 2.24. The fourth-order valence-corrected chi connectivity index (χ4v) is 2.31. The maximum absolute atomic E-state index is 11.8. The molecule has 0 fully saturated rings. The maximum atomic E-state index is 11.8. The minimum Gasteiger partial charge on any atom is -0.373 e. The molecule has 0 radical (unpaired) electrons. The summed E-state index contributed by atoms with van der Waals surface area (Å²) >= 11 is 0. The zero-order chi connectivity index (χ0) is 15.7. The highest BCUT2D eigenvalue weighted by atomic mass is 16.2. The molecule has 22 heavy (non-hydrogen) atoms. The predicted molar refractivity (Wildman–Crippen MR) is 86.3 cm³/mol. The summed E-state index contributed by atoms with van der Waals surface area (Å²) in [6.45, 7) is 1.95. The van der Waals surface area contributed by atoms with Crippen LogP contribution < -0.4 is 21.5 Å². The van der Waals surface area contributed by atoms with Gasteiger partial charge in [-0.1, -0.05) is 0 Å². The number of aryl methyl sites for hydroxylation is 1. The molecule has 2 aromatic heterocycles. The summed E-state index contributed by atoms with van der Waals surface area (Å²) in [6, 6.07) is 5.38. The van der Waals surface area contributed by atoms with Crippen molar-refractivity contribution in [2.75, 3.05) is 10.6 Å². The summed E-state index contributed by atoms with van der Waals surface area (Å²) in [7, 11) is 1.93. The molecule has 0 bridgehead atoms. The Morgan fingerprint density at radius 3 is 2.41 bits per heavy atom. The average molecular weight is 296 g/mol. The lowest BCUT2D eigenvalue weighted by Gasteiger charge is -2.19. The van der Waals surface area contributed by atoms with Crippen LogP contribution in [0.3, 0.4) is 0 Å². The van der Waals surface area contributed by atoms with Crippen LogP contribution >= 0.6 is 0 Å². The van der Waals surface area contributed by atoms with E-state index in [1.807, 2.05) is 37.0 Å². The largest absolute Gasteiger partial charge is 0.373 e. The smallest absolute Gasteiger partial charge is 0.253 e. The van der Waals surface area contributed by atoms with Crippen LogP contribution in [0.2, 0.25) is 0 Å². The molecule has 1 aromatic carbocycles. The Labute approximate surface area is 127 Å². The van der Waals surface area contributed by atoms with Gasteiger partial charge in [0.1, 0.15) is 11.4 Å². The van der Waals surface area contributed by atoms with E-state index in [4.69, 9.17) is 0 Å². The monoisotopic (exact) mass is 296 g/mol.